The smallest absolute Gasteiger partial charge is 0.191 e. The van der Waals surface area contributed by atoms with Crippen LogP contribution in [-0.4, -0.2) is 39.4 Å². The van der Waals surface area contributed by atoms with E-state index in [1.807, 2.05) is 24.3 Å². The Kier molecular flexibility index (Phi) is 5.44. The van der Waals surface area contributed by atoms with E-state index in [0.717, 1.165) is 43.6 Å². The summed E-state index contributed by atoms with van der Waals surface area (Å²) in [5.41, 5.74) is 1.30. The van der Waals surface area contributed by atoms with Gasteiger partial charge in [-0.15, -0.1) is 0 Å². The molecule has 1 saturated heterocycles. The van der Waals surface area contributed by atoms with E-state index in [1.165, 1.54) is 0 Å². The van der Waals surface area contributed by atoms with Crippen LogP contribution in [0.15, 0.2) is 29.3 Å². The second-order valence-corrected chi connectivity index (χ2v) is 5.66. The molecule has 0 bridgehead atoms. The lowest BCUT2D eigenvalue weighted by atomic mass is 9.89. The molecular weight excluding hydrogens is 266 g/mol. The molecule has 0 aromatic heterocycles. The van der Waals surface area contributed by atoms with Gasteiger partial charge in [0.2, 0.25) is 0 Å². The Bertz CT molecular complexity index is 484. The summed E-state index contributed by atoms with van der Waals surface area (Å²) in [6.07, 6.45) is 0. The number of para-hydroxylation sites is 1. The van der Waals surface area contributed by atoms with Gasteiger partial charge in [0.1, 0.15) is 5.75 Å². The highest BCUT2D eigenvalue weighted by Crippen LogP contribution is 2.25. The van der Waals surface area contributed by atoms with Crippen molar-refractivity contribution in [3.05, 3.63) is 29.8 Å². The van der Waals surface area contributed by atoms with Crippen molar-refractivity contribution in [3.63, 3.8) is 0 Å². The number of methoxy groups -OCH3 is 1. The summed E-state index contributed by atoms with van der Waals surface area (Å²) in [5.74, 6) is 1.70. The number of nitrogens with one attached hydrogen (secondary N) is 2. The average Bonchev–Trinajstić information content (AvgIpc) is 2.48. The molecule has 1 heterocycles. The fourth-order valence-electron chi connectivity index (χ4n) is 2.19. The molecular formula is C16H25N3O2. The number of hydrogen-bond donors (Lipinski definition) is 2. The van der Waals surface area contributed by atoms with E-state index in [1.54, 1.807) is 7.11 Å². The first kappa shape index (κ1) is 15.6. The predicted octanol–water partition coefficient (Wildman–Crippen LogP) is 1.79. The third-order valence-corrected chi connectivity index (χ3v) is 3.53. The summed E-state index contributed by atoms with van der Waals surface area (Å²) in [7, 11) is 1.68. The molecule has 2 N–H and O–H groups in total. The van der Waals surface area contributed by atoms with Crippen LogP contribution in [0, 0.1) is 5.41 Å². The van der Waals surface area contributed by atoms with Gasteiger partial charge in [-0.3, -0.25) is 0 Å². The molecule has 5 nitrogen and oxygen atoms in total. The summed E-state index contributed by atoms with van der Waals surface area (Å²) in [4.78, 5) is 4.63. The summed E-state index contributed by atoms with van der Waals surface area (Å²) in [6, 6.07) is 7.96. The Labute approximate surface area is 126 Å². The number of ether oxygens (including phenoxy) is 2. The zero-order valence-corrected chi connectivity index (χ0v) is 13.1. The third-order valence-electron chi connectivity index (χ3n) is 3.53. The first-order valence-electron chi connectivity index (χ1n) is 7.39. The molecule has 1 fully saturated rings. The monoisotopic (exact) mass is 291 g/mol. The lowest BCUT2D eigenvalue weighted by molar-refractivity contribution is -0.0971. The van der Waals surface area contributed by atoms with Gasteiger partial charge in [0.15, 0.2) is 5.96 Å². The molecule has 2 rings (SSSR count). The third kappa shape index (κ3) is 4.36. The van der Waals surface area contributed by atoms with E-state index in [-0.39, 0.29) is 5.41 Å². The van der Waals surface area contributed by atoms with Gasteiger partial charge >= 0.3 is 0 Å². The minimum Gasteiger partial charge on any atom is -0.496 e. The summed E-state index contributed by atoms with van der Waals surface area (Å²) < 4.78 is 10.6. The van der Waals surface area contributed by atoms with Gasteiger partial charge in [-0.1, -0.05) is 25.1 Å². The SMILES string of the molecule is CCNC(=NCc1ccccc1OC)NCC1(C)COC1. The second-order valence-electron chi connectivity index (χ2n) is 5.66. The maximum atomic E-state index is 5.35. The van der Waals surface area contributed by atoms with Crippen LogP contribution in [0.1, 0.15) is 19.4 Å². The first-order chi connectivity index (χ1) is 10.2. The first-order valence-corrected chi connectivity index (χ1v) is 7.39. The average molecular weight is 291 g/mol. The molecule has 116 valence electrons. The molecule has 1 aromatic rings. The van der Waals surface area contributed by atoms with Crippen molar-refractivity contribution in [2.45, 2.75) is 20.4 Å². The van der Waals surface area contributed by atoms with Crippen LogP contribution in [0.25, 0.3) is 0 Å². The molecule has 0 saturated carbocycles. The predicted molar refractivity (Wildman–Crippen MR) is 84.7 cm³/mol. The quantitative estimate of drug-likeness (QED) is 0.620. The second kappa shape index (κ2) is 7.31. The Balaban J connectivity index is 1.96. The Morgan fingerprint density at radius 3 is 2.71 bits per heavy atom. The normalized spacial score (nSPS) is 17.0. The van der Waals surface area contributed by atoms with Crippen molar-refractivity contribution in [1.82, 2.24) is 10.6 Å². The number of benzene rings is 1. The topological polar surface area (TPSA) is 54.9 Å². The maximum absolute atomic E-state index is 5.35. The minimum absolute atomic E-state index is 0.223. The largest absolute Gasteiger partial charge is 0.496 e. The van der Waals surface area contributed by atoms with Crippen LogP contribution < -0.4 is 15.4 Å². The maximum Gasteiger partial charge on any atom is 0.191 e. The van der Waals surface area contributed by atoms with E-state index >= 15 is 0 Å². The highest BCUT2D eigenvalue weighted by molar-refractivity contribution is 5.79. The van der Waals surface area contributed by atoms with E-state index < -0.39 is 0 Å². The Morgan fingerprint density at radius 1 is 1.33 bits per heavy atom. The van der Waals surface area contributed by atoms with Crippen molar-refractivity contribution < 1.29 is 9.47 Å². The molecule has 0 amide bonds. The molecule has 21 heavy (non-hydrogen) atoms. The zero-order chi connectivity index (χ0) is 15.1. The molecule has 0 radical (unpaired) electrons. The lowest BCUT2D eigenvalue weighted by Crippen LogP contribution is -2.51. The molecule has 1 aliphatic rings. The van der Waals surface area contributed by atoms with E-state index in [2.05, 4.69) is 29.5 Å². The summed E-state index contributed by atoms with van der Waals surface area (Å²) >= 11 is 0. The van der Waals surface area contributed by atoms with Gasteiger partial charge in [0.05, 0.1) is 26.9 Å². The number of rotatable bonds is 6. The Hall–Kier alpha value is -1.75. The molecule has 0 atom stereocenters. The van der Waals surface area contributed by atoms with Crippen LogP contribution in [0.2, 0.25) is 0 Å². The molecule has 1 aliphatic heterocycles. The number of guanidine groups is 1. The van der Waals surface area contributed by atoms with Crippen LogP contribution in [0.3, 0.4) is 0 Å². The molecule has 1 aromatic carbocycles. The summed E-state index contributed by atoms with van der Waals surface area (Å²) in [6.45, 7) is 8.20. The fraction of sp³-hybridized carbons (Fsp3) is 0.562. The van der Waals surface area contributed by atoms with Gasteiger partial charge in [-0.2, -0.15) is 0 Å². The van der Waals surface area contributed by atoms with Crippen molar-refractivity contribution in [2.75, 3.05) is 33.4 Å². The van der Waals surface area contributed by atoms with Crippen LogP contribution in [-0.2, 0) is 11.3 Å². The molecule has 0 aliphatic carbocycles. The highest BCUT2D eigenvalue weighted by Gasteiger charge is 2.33. The van der Waals surface area contributed by atoms with Gasteiger partial charge in [0.25, 0.3) is 0 Å². The highest BCUT2D eigenvalue weighted by atomic mass is 16.5. The Morgan fingerprint density at radius 2 is 2.10 bits per heavy atom. The van der Waals surface area contributed by atoms with Gasteiger partial charge in [-0.05, 0) is 13.0 Å². The van der Waals surface area contributed by atoms with Crippen molar-refractivity contribution >= 4 is 5.96 Å². The van der Waals surface area contributed by atoms with Crippen molar-refractivity contribution in [2.24, 2.45) is 10.4 Å². The van der Waals surface area contributed by atoms with Crippen molar-refractivity contribution in [3.8, 4) is 5.75 Å². The molecule has 0 spiro atoms. The molecule has 5 heteroatoms. The van der Waals surface area contributed by atoms with E-state index in [4.69, 9.17) is 9.47 Å². The van der Waals surface area contributed by atoms with Crippen molar-refractivity contribution in [1.29, 1.82) is 0 Å². The zero-order valence-electron chi connectivity index (χ0n) is 13.1. The molecule has 0 unspecified atom stereocenters. The number of aliphatic imine (C=N–C) groups is 1. The van der Waals surface area contributed by atoms with Gasteiger partial charge < -0.3 is 20.1 Å². The lowest BCUT2D eigenvalue weighted by Gasteiger charge is -2.38. The minimum atomic E-state index is 0.223. The standard InChI is InChI=1S/C16H25N3O2/c1-4-17-15(19-10-16(2)11-21-12-16)18-9-13-7-5-6-8-14(13)20-3/h5-8H,4,9-12H2,1-3H3,(H2,17,18,19). The number of nitrogens with zero attached hydrogens (tertiary/aromatic N) is 1. The van der Waals surface area contributed by atoms with Crippen LogP contribution in [0.4, 0.5) is 0 Å². The van der Waals surface area contributed by atoms with E-state index in [0.29, 0.717) is 6.54 Å². The fourth-order valence-corrected chi connectivity index (χ4v) is 2.19. The van der Waals surface area contributed by atoms with Gasteiger partial charge in [0, 0.05) is 24.1 Å². The van der Waals surface area contributed by atoms with Crippen LogP contribution in [0.5, 0.6) is 5.75 Å². The number of hydrogen-bond acceptors (Lipinski definition) is 3. The van der Waals surface area contributed by atoms with Crippen LogP contribution >= 0.6 is 0 Å². The van der Waals surface area contributed by atoms with Gasteiger partial charge in [-0.25, -0.2) is 4.99 Å². The summed E-state index contributed by atoms with van der Waals surface area (Å²) in [5, 5.41) is 6.66. The van der Waals surface area contributed by atoms with E-state index in [9.17, 15) is 0 Å².